The van der Waals surface area contributed by atoms with Gasteiger partial charge in [0.05, 0.1) is 31.4 Å². The molecule has 8 heteroatoms. The molecule has 3 aromatic heterocycles. The average Bonchev–Trinajstić information content (AvgIpc) is 3.49. The predicted molar refractivity (Wildman–Crippen MR) is 127 cm³/mol. The van der Waals surface area contributed by atoms with Crippen LogP contribution >= 0.6 is 0 Å². The van der Waals surface area contributed by atoms with Crippen LogP contribution in [-0.4, -0.2) is 34.4 Å². The van der Waals surface area contributed by atoms with Gasteiger partial charge in [0.1, 0.15) is 11.4 Å². The number of para-hydroxylation sites is 1. The van der Waals surface area contributed by atoms with Gasteiger partial charge in [-0.1, -0.05) is 18.2 Å². The smallest absolute Gasteiger partial charge is 0.198 e. The van der Waals surface area contributed by atoms with E-state index in [-0.39, 0.29) is 0 Å². The molecular weight excluding hydrogens is 418 g/mol. The van der Waals surface area contributed by atoms with E-state index in [0.29, 0.717) is 34.4 Å². The zero-order valence-electron chi connectivity index (χ0n) is 17.9. The molecule has 6 rings (SSSR count). The van der Waals surface area contributed by atoms with Crippen LogP contribution in [0, 0.1) is 0 Å². The summed E-state index contributed by atoms with van der Waals surface area (Å²) in [7, 11) is 3.21. The SMILES string of the molecule is COc1cc2nc(-c3cc4ccccc4o3)nc(Nc3ccc4[nH]ncc4c3)c2cc1OC. The zero-order chi connectivity index (χ0) is 22.4. The second kappa shape index (κ2) is 7.52. The molecule has 0 saturated heterocycles. The maximum Gasteiger partial charge on any atom is 0.198 e. The number of ether oxygens (including phenoxy) is 2. The van der Waals surface area contributed by atoms with Crippen molar-refractivity contribution in [3.05, 3.63) is 66.9 Å². The van der Waals surface area contributed by atoms with Crippen LogP contribution in [0.25, 0.3) is 44.4 Å². The lowest BCUT2D eigenvalue weighted by Gasteiger charge is -2.13. The van der Waals surface area contributed by atoms with Crippen molar-refractivity contribution in [3.63, 3.8) is 0 Å². The number of hydrogen-bond donors (Lipinski definition) is 2. The van der Waals surface area contributed by atoms with Gasteiger partial charge in [-0.05, 0) is 36.4 Å². The minimum Gasteiger partial charge on any atom is -0.493 e. The van der Waals surface area contributed by atoms with Gasteiger partial charge in [-0.3, -0.25) is 5.10 Å². The molecule has 3 aromatic carbocycles. The summed E-state index contributed by atoms with van der Waals surface area (Å²) in [5.74, 6) is 2.86. The van der Waals surface area contributed by atoms with Crippen molar-refractivity contribution in [1.82, 2.24) is 20.2 Å². The number of aromatic nitrogens is 4. The van der Waals surface area contributed by atoms with Gasteiger partial charge >= 0.3 is 0 Å². The van der Waals surface area contributed by atoms with E-state index in [2.05, 4.69) is 15.5 Å². The van der Waals surface area contributed by atoms with Crippen LogP contribution < -0.4 is 14.8 Å². The van der Waals surface area contributed by atoms with Crippen molar-refractivity contribution < 1.29 is 13.9 Å². The molecule has 0 saturated carbocycles. The summed E-state index contributed by atoms with van der Waals surface area (Å²) >= 11 is 0. The third kappa shape index (κ3) is 3.28. The zero-order valence-corrected chi connectivity index (χ0v) is 17.9. The molecule has 0 aliphatic rings. The number of anilines is 2. The summed E-state index contributed by atoms with van der Waals surface area (Å²) in [6.45, 7) is 0. The summed E-state index contributed by atoms with van der Waals surface area (Å²) in [5.41, 5.74) is 3.31. The molecule has 0 aliphatic carbocycles. The quantitative estimate of drug-likeness (QED) is 0.358. The second-order valence-electron chi connectivity index (χ2n) is 7.57. The largest absolute Gasteiger partial charge is 0.493 e. The van der Waals surface area contributed by atoms with Gasteiger partial charge in [-0.2, -0.15) is 5.10 Å². The first-order chi connectivity index (χ1) is 16.2. The number of benzene rings is 3. The normalized spacial score (nSPS) is 11.3. The number of fused-ring (bicyclic) bond motifs is 3. The van der Waals surface area contributed by atoms with E-state index in [1.807, 2.05) is 60.7 Å². The fourth-order valence-corrected chi connectivity index (χ4v) is 3.91. The topological polar surface area (TPSA) is 98.1 Å². The Hall–Kier alpha value is -4.59. The summed E-state index contributed by atoms with van der Waals surface area (Å²) in [5, 5.41) is 13.3. The molecule has 2 N–H and O–H groups in total. The Morgan fingerprint density at radius 3 is 2.58 bits per heavy atom. The van der Waals surface area contributed by atoms with E-state index in [4.69, 9.17) is 23.9 Å². The van der Waals surface area contributed by atoms with Gasteiger partial charge in [0.25, 0.3) is 0 Å². The van der Waals surface area contributed by atoms with E-state index in [1.165, 1.54) is 0 Å². The molecule has 6 aromatic rings. The van der Waals surface area contributed by atoms with Crippen LogP contribution in [-0.2, 0) is 0 Å². The standard InChI is InChI=1S/C25H19N5O3/c1-31-21-11-17-19(12-22(21)32-2)28-25(23-10-14-5-3-4-6-20(14)33-23)29-24(17)27-16-7-8-18-15(9-16)13-26-30-18/h3-13H,1-2H3,(H,26,30)(H,27,28,29). The van der Waals surface area contributed by atoms with E-state index in [1.54, 1.807) is 20.4 Å². The Bertz CT molecular complexity index is 1600. The highest BCUT2D eigenvalue weighted by atomic mass is 16.5. The molecule has 162 valence electrons. The van der Waals surface area contributed by atoms with E-state index in [0.717, 1.165) is 32.9 Å². The van der Waals surface area contributed by atoms with Gasteiger partial charge in [0.15, 0.2) is 23.1 Å². The van der Waals surface area contributed by atoms with Crippen molar-refractivity contribution >= 4 is 44.3 Å². The van der Waals surface area contributed by atoms with Gasteiger partial charge in [0.2, 0.25) is 0 Å². The Morgan fingerprint density at radius 2 is 1.73 bits per heavy atom. The predicted octanol–water partition coefficient (Wildman–Crippen LogP) is 5.68. The molecule has 33 heavy (non-hydrogen) atoms. The van der Waals surface area contributed by atoms with Crippen LogP contribution in [0.3, 0.4) is 0 Å². The minimum absolute atomic E-state index is 0.470. The van der Waals surface area contributed by atoms with Gasteiger partial charge in [0, 0.05) is 27.9 Å². The highest BCUT2D eigenvalue weighted by Crippen LogP contribution is 2.37. The Labute approximate surface area is 188 Å². The summed E-state index contributed by atoms with van der Waals surface area (Å²) in [4.78, 5) is 9.60. The van der Waals surface area contributed by atoms with E-state index < -0.39 is 0 Å². The van der Waals surface area contributed by atoms with E-state index in [9.17, 15) is 0 Å². The molecule has 8 nitrogen and oxygen atoms in total. The van der Waals surface area contributed by atoms with Crippen LogP contribution in [0.2, 0.25) is 0 Å². The molecular formula is C25H19N5O3. The van der Waals surface area contributed by atoms with Gasteiger partial charge < -0.3 is 19.2 Å². The highest BCUT2D eigenvalue weighted by molar-refractivity contribution is 5.95. The maximum absolute atomic E-state index is 6.04. The number of methoxy groups -OCH3 is 2. The van der Waals surface area contributed by atoms with Crippen molar-refractivity contribution in [2.24, 2.45) is 0 Å². The second-order valence-corrected chi connectivity index (χ2v) is 7.57. The molecule has 0 atom stereocenters. The van der Waals surface area contributed by atoms with Crippen molar-refractivity contribution in [2.75, 3.05) is 19.5 Å². The Kier molecular flexibility index (Phi) is 4.36. The first-order valence-corrected chi connectivity index (χ1v) is 10.3. The third-order valence-corrected chi connectivity index (χ3v) is 5.55. The number of nitrogens with one attached hydrogen (secondary N) is 2. The summed E-state index contributed by atoms with van der Waals surface area (Å²) in [6, 6.07) is 19.4. The molecule has 3 heterocycles. The first-order valence-electron chi connectivity index (χ1n) is 10.3. The van der Waals surface area contributed by atoms with Crippen LogP contribution in [0.1, 0.15) is 0 Å². The first kappa shape index (κ1) is 19.1. The number of H-pyrrole nitrogens is 1. The lowest BCUT2D eigenvalue weighted by molar-refractivity contribution is 0.356. The van der Waals surface area contributed by atoms with E-state index >= 15 is 0 Å². The third-order valence-electron chi connectivity index (χ3n) is 5.55. The fourth-order valence-electron chi connectivity index (χ4n) is 3.91. The fraction of sp³-hybridized carbons (Fsp3) is 0.0800. The number of hydrogen-bond acceptors (Lipinski definition) is 7. The Morgan fingerprint density at radius 1 is 0.879 bits per heavy atom. The molecule has 0 radical (unpaired) electrons. The molecule has 0 bridgehead atoms. The highest BCUT2D eigenvalue weighted by Gasteiger charge is 2.17. The lowest BCUT2D eigenvalue weighted by atomic mass is 10.2. The molecule has 0 fully saturated rings. The minimum atomic E-state index is 0.470. The number of nitrogens with zero attached hydrogens (tertiary/aromatic N) is 3. The molecule has 0 amide bonds. The van der Waals surface area contributed by atoms with Crippen molar-refractivity contribution in [3.8, 4) is 23.1 Å². The number of aromatic amines is 1. The van der Waals surface area contributed by atoms with Crippen LogP contribution in [0.15, 0.2) is 71.3 Å². The number of furan rings is 1. The summed E-state index contributed by atoms with van der Waals surface area (Å²) in [6.07, 6.45) is 1.78. The number of rotatable bonds is 5. The monoisotopic (exact) mass is 437 g/mol. The van der Waals surface area contributed by atoms with Crippen molar-refractivity contribution in [1.29, 1.82) is 0 Å². The van der Waals surface area contributed by atoms with Crippen LogP contribution in [0.5, 0.6) is 11.5 Å². The molecule has 0 unspecified atom stereocenters. The summed E-state index contributed by atoms with van der Waals surface area (Å²) < 4.78 is 17.0. The van der Waals surface area contributed by atoms with Gasteiger partial charge in [-0.25, -0.2) is 9.97 Å². The molecule has 0 spiro atoms. The average molecular weight is 437 g/mol. The van der Waals surface area contributed by atoms with Crippen LogP contribution in [0.4, 0.5) is 11.5 Å². The Balaban J connectivity index is 1.55. The van der Waals surface area contributed by atoms with Gasteiger partial charge in [-0.15, -0.1) is 0 Å². The maximum atomic E-state index is 6.04. The lowest BCUT2D eigenvalue weighted by Crippen LogP contribution is -2.00. The molecule has 0 aliphatic heterocycles. The van der Waals surface area contributed by atoms with Crippen molar-refractivity contribution in [2.45, 2.75) is 0 Å².